The second-order valence-corrected chi connectivity index (χ2v) is 17.6. The van der Waals surface area contributed by atoms with Crippen molar-refractivity contribution < 1.29 is 86.1 Å². The Bertz CT molecular complexity index is 2300. The number of hydrogen-bond acceptors (Lipinski definition) is 22. The van der Waals surface area contributed by atoms with Crippen LogP contribution >= 0.6 is 15.6 Å². The molecule has 4 saturated heterocycles. The average Bonchev–Trinajstić information content (AvgIpc) is 4.02. The number of nitrogens with one attached hydrogen (secondary N) is 2. The Hall–Kier alpha value is -3.70. The van der Waals surface area contributed by atoms with Crippen molar-refractivity contribution in [1.29, 1.82) is 0 Å². The first-order valence-corrected chi connectivity index (χ1v) is 23.5. The van der Waals surface area contributed by atoms with Crippen molar-refractivity contribution in [2.45, 2.75) is 128 Å². The van der Waals surface area contributed by atoms with E-state index in [-0.39, 0.29) is 98.2 Å². The summed E-state index contributed by atoms with van der Waals surface area (Å²) in [4.78, 5) is 97.4. The number of amides is 2. The molecule has 4 aromatic rings. The number of anilines is 2. The van der Waals surface area contributed by atoms with E-state index >= 15 is 0 Å². The van der Waals surface area contributed by atoms with Gasteiger partial charge in [0.25, 0.3) is 15.6 Å². The zero-order valence-corrected chi connectivity index (χ0v) is 40.7. The Morgan fingerprint density at radius 2 is 1.01 bits per heavy atom. The number of imidazole rings is 2. The van der Waals surface area contributed by atoms with Crippen LogP contribution in [-0.2, 0) is 65.4 Å². The normalized spacial score (nSPS) is 28.3. The molecule has 2 amide bonds. The van der Waals surface area contributed by atoms with Gasteiger partial charge in [-0.1, -0.05) is 27.7 Å². The molecule has 0 aliphatic carbocycles. The number of esters is 2. The molecule has 364 valence electrons. The van der Waals surface area contributed by atoms with Crippen molar-refractivity contribution in [3.05, 3.63) is 25.3 Å². The fourth-order valence-electron chi connectivity index (χ4n) is 7.26. The fourth-order valence-corrected chi connectivity index (χ4v) is 9.15. The van der Waals surface area contributed by atoms with Gasteiger partial charge in [0.15, 0.2) is 58.6 Å². The Kier molecular flexibility index (Phi) is 20.2. The van der Waals surface area contributed by atoms with Gasteiger partial charge in [-0.15, -0.1) is 0 Å². The van der Waals surface area contributed by atoms with Crippen LogP contribution in [0.4, 0.5) is 11.6 Å². The fraction of sp³-hybridized carbons (Fsp3) is 0.611. The molecule has 28 nitrogen and oxygen atoms in total. The summed E-state index contributed by atoms with van der Waals surface area (Å²) in [6, 6.07) is 0. The van der Waals surface area contributed by atoms with Crippen LogP contribution in [0, 0.1) is 0 Å². The molecular weight excluding hydrogens is 962 g/mol. The zero-order chi connectivity index (χ0) is 45.8. The van der Waals surface area contributed by atoms with Gasteiger partial charge in [-0.2, -0.15) is 0 Å². The van der Waals surface area contributed by atoms with E-state index in [2.05, 4.69) is 40.5 Å². The van der Waals surface area contributed by atoms with Gasteiger partial charge < -0.3 is 68.4 Å². The summed E-state index contributed by atoms with van der Waals surface area (Å²) in [6.45, 7) is 6.85. The van der Waals surface area contributed by atoms with E-state index in [0.29, 0.717) is 60.9 Å². The Balaban J connectivity index is 0.000000280. The van der Waals surface area contributed by atoms with Gasteiger partial charge in [0, 0.05) is 25.7 Å². The van der Waals surface area contributed by atoms with E-state index in [4.69, 9.17) is 37.0 Å². The van der Waals surface area contributed by atoms with Crippen molar-refractivity contribution in [2.24, 2.45) is 0 Å². The topological polar surface area (TPSA) is 397 Å². The second kappa shape index (κ2) is 24.2. The van der Waals surface area contributed by atoms with Crippen LogP contribution in [0.3, 0.4) is 0 Å². The van der Waals surface area contributed by atoms with Gasteiger partial charge in [0.1, 0.15) is 37.1 Å². The SMILES string of the molecule is CCCC(=O)Nc1ncnc2c1ncn2[C@@H]1OC2COP(=O)([O-])O[C@H]2[C@H]1OC(=O)CCC.CCCC(=O)Nc1ncnc2c1ncn2[C@@H]1OC2COP(=O)([O-])O[C@H]2[C@H]1OC(=O)CCC.O.O.[Ca+2]. The van der Waals surface area contributed by atoms with Gasteiger partial charge in [0.2, 0.25) is 11.8 Å². The molecule has 8 heterocycles. The summed E-state index contributed by atoms with van der Waals surface area (Å²) in [5, 5.41) is 5.39. The Morgan fingerprint density at radius 1 is 0.642 bits per heavy atom. The van der Waals surface area contributed by atoms with Gasteiger partial charge in [0.05, 0.1) is 25.9 Å². The molecule has 4 unspecified atom stereocenters. The Morgan fingerprint density at radius 3 is 1.37 bits per heavy atom. The maximum absolute atomic E-state index is 12.2. The van der Waals surface area contributed by atoms with Crippen molar-refractivity contribution in [2.75, 3.05) is 23.8 Å². The number of ether oxygens (including phenoxy) is 4. The van der Waals surface area contributed by atoms with Gasteiger partial charge in [-0.3, -0.25) is 37.4 Å². The van der Waals surface area contributed by atoms with Gasteiger partial charge in [-0.05, 0) is 25.7 Å². The molecule has 0 spiro atoms. The van der Waals surface area contributed by atoms with Crippen LogP contribution in [0.15, 0.2) is 25.3 Å². The van der Waals surface area contributed by atoms with Crippen molar-refractivity contribution in [1.82, 2.24) is 39.0 Å². The van der Waals surface area contributed by atoms with Crippen molar-refractivity contribution in [3.63, 3.8) is 0 Å². The van der Waals surface area contributed by atoms with E-state index in [9.17, 15) is 38.1 Å². The van der Waals surface area contributed by atoms with E-state index in [1.807, 2.05) is 27.7 Å². The molecule has 4 fully saturated rings. The van der Waals surface area contributed by atoms with Crippen LogP contribution in [0.25, 0.3) is 22.3 Å². The minimum Gasteiger partial charge on any atom is -0.756 e. The van der Waals surface area contributed by atoms with Gasteiger partial charge in [-0.25, -0.2) is 29.9 Å². The zero-order valence-electron chi connectivity index (χ0n) is 36.7. The summed E-state index contributed by atoms with van der Waals surface area (Å²) >= 11 is 0. The van der Waals surface area contributed by atoms with Crippen LogP contribution in [0.2, 0.25) is 0 Å². The number of aromatic nitrogens is 8. The summed E-state index contributed by atoms with van der Waals surface area (Å²) in [7, 11) is -9.11. The van der Waals surface area contributed by atoms with Crippen molar-refractivity contribution in [3.8, 4) is 0 Å². The van der Waals surface area contributed by atoms with Crippen LogP contribution in [0.1, 0.15) is 91.5 Å². The number of phosphoric acid groups is 2. The molecule has 31 heteroatoms. The molecule has 8 rings (SSSR count). The Labute approximate surface area is 411 Å². The maximum atomic E-state index is 12.2. The predicted octanol–water partition coefficient (Wildman–Crippen LogP) is 0.0858. The quantitative estimate of drug-likeness (QED) is 0.0959. The number of fused-ring (bicyclic) bond motifs is 4. The minimum absolute atomic E-state index is 0. The molecule has 10 atom stereocenters. The van der Waals surface area contributed by atoms with Crippen LogP contribution in [0.5, 0.6) is 0 Å². The first-order valence-electron chi connectivity index (χ1n) is 20.6. The minimum atomic E-state index is -4.55. The number of carbonyl (C=O) groups excluding carboxylic acids is 4. The molecule has 4 aliphatic heterocycles. The number of phosphoric ester groups is 2. The number of hydrogen-bond donors (Lipinski definition) is 2. The van der Waals surface area contributed by atoms with Crippen LogP contribution < -0.4 is 20.4 Å². The van der Waals surface area contributed by atoms with Crippen molar-refractivity contribution >= 4 is 111 Å². The molecule has 0 aromatic carbocycles. The first kappa shape index (κ1) is 55.9. The third-order valence-electron chi connectivity index (χ3n) is 10.0. The van der Waals surface area contributed by atoms with Crippen LogP contribution in [-0.4, -0.2) is 161 Å². The van der Waals surface area contributed by atoms with E-state index in [1.54, 1.807) is 0 Å². The largest absolute Gasteiger partial charge is 2.00 e. The molecule has 67 heavy (non-hydrogen) atoms. The smallest absolute Gasteiger partial charge is 0.756 e. The predicted molar refractivity (Wildman–Crippen MR) is 225 cm³/mol. The maximum Gasteiger partial charge on any atom is 2.00 e. The molecule has 0 radical (unpaired) electrons. The molecule has 0 saturated carbocycles. The molecule has 6 N–H and O–H groups in total. The van der Waals surface area contributed by atoms with Gasteiger partial charge >= 0.3 is 49.7 Å². The molecular formula is C36H50CaN10O18P2. The number of nitrogens with zero attached hydrogens (tertiary/aromatic N) is 8. The molecule has 4 aliphatic rings. The third kappa shape index (κ3) is 12.9. The van der Waals surface area contributed by atoms with E-state index in [1.165, 1.54) is 34.4 Å². The monoisotopic (exact) mass is 1010 g/mol. The number of rotatable bonds is 14. The third-order valence-corrected chi connectivity index (χ3v) is 12.0. The second-order valence-electron chi connectivity index (χ2n) is 14.9. The summed E-state index contributed by atoms with van der Waals surface area (Å²) in [5.41, 5.74) is 1.22. The molecule has 0 bridgehead atoms. The standard InChI is InChI=1S/2C18H24N5O8P.Ca.2H2O/c2*1-3-5-11(24)22-16-13-17(20-8-19-16)23(9-21-13)18-15(30-12(25)6-4-2)14-10(29-18)7-28-32(26,27)31-14;;;/h2*8-10,14-15,18H,3-7H2,1-2H3,(H,26,27)(H,19,20,22,24);;2*1H2/q;;+2;;/p-2/t2*10?,14-,15-,18-;;;/m11.../s1. The van der Waals surface area contributed by atoms with E-state index in [0.717, 1.165) is 0 Å². The summed E-state index contributed by atoms with van der Waals surface area (Å²) in [5.74, 6) is -1.01. The average molecular weight is 1010 g/mol. The summed E-state index contributed by atoms with van der Waals surface area (Å²) < 4.78 is 69.4. The molecule has 4 aromatic heterocycles. The summed E-state index contributed by atoms with van der Waals surface area (Å²) in [6.07, 6.45) is 0.808. The number of carbonyl (C=O) groups is 4. The first-order chi connectivity index (χ1) is 30.6. The van der Waals surface area contributed by atoms with E-state index < -0.39 is 76.7 Å².